The van der Waals surface area contributed by atoms with Crippen LogP contribution in [0.5, 0.6) is 0 Å². The van der Waals surface area contributed by atoms with Crippen LogP contribution in [0, 0.1) is 39.0 Å². The van der Waals surface area contributed by atoms with Crippen molar-refractivity contribution >= 4 is 0 Å². The molecule has 9 rings (SSSR count). The molecule has 3 fully saturated rings. The number of nitrogens with zero attached hydrogens (tertiary/aromatic N) is 3. The number of benzene rings is 3. The van der Waals surface area contributed by atoms with Crippen molar-refractivity contribution in [2.75, 3.05) is 0 Å². The molecule has 0 unspecified atom stereocenters. The first-order chi connectivity index (χ1) is 28.0. The van der Waals surface area contributed by atoms with Gasteiger partial charge in [0.15, 0.2) is 0 Å². The predicted molar refractivity (Wildman–Crippen MR) is 237 cm³/mol. The van der Waals surface area contributed by atoms with Gasteiger partial charge in [-0.2, -0.15) is 0 Å². The summed E-state index contributed by atoms with van der Waals surface area (Å²) in [6.45, 7) is 6.27. The van der Waals surface area contributed by atoms with E-state index in [2.05, 4.69) is 127 Å². The average Bonchev–Trinajstić information content (AvgIpc) is 3.29. The fourth-order valence-electron chi connectivity index (χ4n) is 8.84. The van der Waals surface area contributed by atoms with E-state index < -0.39 is 0 Å². The van der Waals surface area contributed by atoms with Gasteiger partial charge in [-0.15, -0.1) is 106 Å². The molecule has 3 saturated carbocycles. The molecule has 3 aromatic heterocycles. The largest absolute Gasteiger partial charge is 3.00 e. The molecule has 3 aliphatic carbocycles. The molecule has 0 atom stereocenters. The number of hydrogen-bond acceptors (Lipinski definition) is 3. The number of aromatic nitrogens is 3. The Hall–Kier alpha value is -4.24. The second-order valence-electron chi connectivity index (χ2n) is 16.8. The molecular weight excluding hydrogens is 883 g/mol. The summed E-state index contributed by atoms with van der Waals surface area (Å²) in [5, 5.41) is 0. The third kappa shape index (κ3) is 12.4. The van der Waals surface area contributed by atoms with Crippen LogP contribution < -0.4 is 0 Å². The predicted octanol–water partition coefficient (Wildman–Crippen LogP) is 14.7. The first-order valence-electron chi connectivity index (χ1n) is 21.8. The van der Waals surface area contributed by atoms with E-state index in [0.717, 1.165) is 51.5 Å². The van der Waals surface area contributed by atoms with Gasteiger partial charge in [0.05, 0.1) is 0 Å². The van der Waals surface area contributed by atoms with E-state index in [4.69, 9.17) is 0 Å². The summed E-state index contributed by atoms with van der Waals surface area (Å²) in [4.78, 5) is 13.5. The van der Waals surface area contributed by atoms with Gasteiger partial charge in [0.1, 0.15) is 0 Å². The van der Waals surface area contributed by atoms with E-state index >= 15 is 0 Å². The van der Waals surface area contributed by atoms with Crippen LogP contribution in [-0.2, 0) is 20.1 Å². The van der Waals surface area contributed by atoms with Gasteiger partial charge in [-0.25, -0.2) is 0 Å². The molecule has 0 aliphatic heterocycles. The zero-order valence-corrected chi connectivity index (χ0v) is 37.3. The van der Waals surface area contributed by atoms with Crippen LogP contribution in [-0.4, -0.2) is 15.0 Å². The number of pyridine rings is 3. The molecule has 3 aliphatic rings. The van der Waals surface area contributed by atoms with Gasteiger partial charge >= 0.3 is 20.1 Å². The third-order valence-electron chi connectivity index (χ3n) is 12.3. The summed E-state index contributed by atoms with van der Waals surface area (Å²) >= 11 is 0. The molecule has 0 bridgehead atoms. The van der Waals surface area contributed by atoms with Crippen molar-refractivity contribution in [1.29, 1.82) is 0 Å². The van der Waals surface area contributed by atoms with Crippen LogP contribution in [0.25, 0.3) is 33.8 Å². The maximum Gasteiger partial charge on any atom is 3.00 e. The molecule has 3 heterocycles. The Labute approximate surface area is 363 Å². The molecule has 3 aromatic carbocycles. The minimum atomic E-state index is 0. The smallest absolute Gasteiger partial charge is 0.305 e. The van der Waals surface area contributed by atoms with Gasteiger partial charge in [0.2, 0.25) is 0 Å². The Morgan fingerprint density at radius 3 is 0.897 bits per heavy atom. The minimum absolute atomic E-state index is 0. The Bertz CT molecular complexity index is 1860. The van der Waals surface area contributed by atoms with Gasteiger partial charge in [-0.05, 0) is 91.6 Å². The topological polar surface area (TPSA) is 38.7 Å². The summed E-state index contributed by atoms with van der Waals surface area (Å²) < 4.78 is 0. The second-order valence-corrected chi connectivity index (χ2v) is 16.8. The average molecular weight is 943 g/mol. The van der Waals surface area contributed by atoms with Crippen molar-refractivity contribution in [1.82, 2.24) is 15.0 Å². The van der Waals surface area contributed by atoms with Crippen molar-refractivity contribution in [3.63, 3.8) is 0 Å². The van der Waals surface area contributed by atoms with Gasteiger partial charge in [-0.3, -0.25) is 0 Å². The normalized spacial score (nSPS) is 16.2. The van der Waals surface area contributed by atoms with E-state index in [-0.39, 0.29) is 20.1 Å². The fraction of sp³-hybridized carbons (Fsp3) is 0.389. The van der Waals surface area contributed by atoms with Crippen LogP contribution >= 0.6 is 0 Å². The monoisotopic (exact) mass is 943 g/mol. The fourth-order valence-corrected chi connectivity index (χ4v) is 8.84. The Morgan fingerprint density at radius 1 is 0.379 bits per heavy atom. The molecule has 3 nitrogen and oxygen atoms in total. The summed E-state index contributed by atoms with van der Waals surface area (Å²) in [7, 11) is 0. The van der Waals surface area contributed by atoms with Crippen LogP contribution in [0.1, 0.15) is 147 Å². The molecule has 0 saturated heterocycles. The van der Waals surface area contributed by atoms with E-state index in [1.54, 1.807) is 0 Å². The van der Waals surface area contributed by atoms with Gasteiger partial charge in [0.25, 0.3) is 0 Å². The minimum Gasteiger partial charge on any atom is -0.305 e. The summed E-state index contributed by atoms with van der Waals surface area (Å²) in [6.07, 6.45) is 26.3. The zero-order chi connectivity index (χ0) is 39.2. The molecule has 0 amide bonds. The number of aryl methyl sites for hydroxylation is 3. The molecule has 0 radical (unpaired) electrons. The van der Waals surface area contributed by atoms with Crippen molar-refractivity contribution in [3.05, 3.63) is 161 Å². The summed E-state index contributed by atoms with van der Waals surface area (Å²) in [5.74, 6) is 2.21. The van der Waals surface area contributed by atoms with E-state index in [1.807, 2.05) is 36.8 Å². The molecular formula is C54H60IrN3. The third-order valence-corrected chi connectivity index (χ3v) is 12.3. The van der Waals surface area contributed by atoms with Gasteiger partial charge in [0, 0.05) is 18.6 Å². The standard InChI is InChI=1S/3C18H20N.Ir/c3*1-14-7-9-16(10-8-14)18-13-17(11-12-19-18)15-5-3-2-4-6-15;/h3*7-9,11-13,15H,2-6H2,1H3;/q3*-1;+3. The van der Waals surface area contributed by atoms with Crippen molar-refractivity contribution in [2.24, 2.45) is 0 Å². The van der Waals surface area contributed by atoms with Gasteiger partial charge < -0.3 is 15.0 Å². The van der Waals surface area contributed by atoms with Crippen LogP contribution in [0.2, 0.25) is 0 Å². The van der Waals surface area contributed by atoms with E-state index in [1.165, 1.54) is 130 Å². The van der Waals surface area contributed by atoms with Crippen LogP contribution in [0.15, 0.2) is 110 Å². The Balaban J connectivity index is 0.000000145. The molecule has 300 valence electrons. The molecule has 4 heteroatoms. The Kier molecular flexibility index (Phi) is 16.6. The number of rotatable bonds is 6. The SMILES string of the molecule is Cc1c[c-]c(-c2cc(C3CCCCC3)ccn2)cc1.Cc1c[c-]c(-c2cc(C3CCCCC3)ccn2)cc1.Cc1c[c-]c(-c2cc(C3CCCCC3)ccn2)cc1.[Ir+3]. The summed E-state index contributed by atoms with van der Waals surface area (Å²) in [5.41, 5.74) is 14.6. The van der Waals surface area contributed by atoms with E-state index in [0.29, 0.717) is 0 Å². The van der Waals surface area contributed by atoms with Crippen LogP contribution in [0.4, 0.5) is 0 Å². The second kappa shape index (κ2) is 22.2. The van der Waals surface area contributed by atoms with Gasteiger partial charge in [-0.1, -0.05) is 113 Å². The first kappa shape index (κ1) is 43.3. The molecule has 6 aromatic rings. The van der Waals surface area contributed by atoms with Crippen molar-refractivity contribution < 1.29 is 20.1 Å². The first-order valence-corrected chi connectivity index (χ1v) is 21.8. The zero-order valence-electron chi connectivity index (χ0n) is 34.9. The quantitative estimate of drug-likeness (QED) is 0.156. The van der Waals surface area contributed by atoms with Crippen molar-refractivity contribution in [3.8, 4) is 33.8 Å². The maximum absolute atomic E-state index is 4.50. The molecule has 0 N–H and O–H groups in total. The van der Waals surface area contributed by atoms with Crippen molar-refractivity contribution in [2.45, 2.75) is 135 Å². The number of hydrogen-bond donors (Lipinski definition) is 0. The van der Waals surface area contributed by atoms with E-state index in [9.17, 15) is 0 Å². The molecule has 58 heavy (non-hydrogen) atoms. The summed E-state index contributed by atoms with van der Waals surface area (Å²) in [6, 6.07) is 42.1. The Morgan fingerprint density at radius 2 is 0.655 bits per heavy atom. The molecule has 0 spiro atoms. The maximum atomic E-state index is 4.50. The van der Waals surface area contributed by atoms with Crippen LogP contribution in [0.3, 0.4) is 0 Å².